The van der Waals surface area contributed by atoms with E-state index in [0.717, 1.165) is 16.9 Å². The van der Waals surface area contributed by atoms with Crippen LogP contribution in [0.4, 0.5) is 27.5 Å². The number of nitrogens with one attached hydrogen (secondary N) is 1. The summed E-state index contributed by atoms with van der Waals surface area (Å²) in [5.74, 6) is 0. The molecule has 4 rings (SSSR count). The highest BCUT2D eigenvalue weighted by Crippen LogP contribution is 2.33. The average molecular weight is 436 g/mol. The molecule has 3 aromatic rings. The zero-order valence-electron chi connectivity index (χ0n) is 17.7. The van der Waals surface area contributed by atoms with E-state index in [1.54, 1.807) is 30.2 Å². The van der Waals surface area contributed by atoms with Crippen LogP contribution in [0.3, 0.4) is 0 Å². The molecule has 2 heterocycles. The monoisotopic (exact) mass is 436 g/mol. The first kappa shape index (κ1) is 21.2. The molecule has 1 aromatic heterocycles. The zero-order valence-corrected chi connectivity index (χ0v) is 17.7. The third-order valence-corrected chi connectivity index (χ3v) is 5.34. The van der Waals surface area contributed by atoms with Gasteiger partial charge in [-0.25, -0.2) is 4.79 Å². The summed E-state index contributed by atoms with van der Waals surface area (Å²) in [4.78, 5) is 27.1. The van der Waals surface area contributed by atoms with Gasteiger partial charge in [-0.3, -0.25) is 10.1 Å². The predicted molar refractivity (Wildman–Crippen MR) is 121 cm³/mol. The Labute approximate surface area is 185 Å². The van der Waals surface area contributed by atoms with E-state index in [0.29, 0.717) is 44.0 Å². The summed E-state index contributed by atoms with van der Waals surface area (Å²) in [6, 6.07) is 14.5. The van der Waals surface area contributed by atoms with E-state index in [-0.39, 0.29) is 11.8 Å². The minimum atomic E-state index is -0.398. The zero-order chi connectivity index (χ0) is 22.5. The summed E-state index contributed by atoms with van der Waals surface area (Å²) < 4.78 is 10.1. The molecule has 32 heavy (non-hydrogen) atoms. The molecule has 1 saturated heterocycles. The Morgan fingerprint density at radius 3 is 2.62 bits per heavy atom. The van der Waals surface area contributed by atoms with Crippen molar-refractivity contribution >= 4 is 28.8 Å². The Morgan fingerprint density at radius 1 is 1.12 bits per heavy atom. The Bertz CT molecular complexity index is 1090. The number of nitro benzene ring substituents is 1. The molecule has 0 bridgehead atoms. The quantitative estimate of drug-likeness (QED) is 0.434. The molecule has 0 aliphatic carbocycles. The van der Waals surface area contributed by atoms with Gasteiger partial charge < -0.3 is 24.3 Å². The largest absolute Gasteiger partial charge is 0.472 e. The number of hydrogen-bond acceptors (Lipinski definition) is 7. The number of piperazine rings is 1. The summed E-state index contributed by atoms with van der Waals surface area (Å²) in [6.45, 7) is 4.68. The van der Waals surface area contributed by atoms with Crippen molar-refractivity contribution in [1.29, 1.82) is 0 Å². The molecule has 2 aromatic carbocycles. The molecule has 0 spiro atoms. The third-order valence-electron chi connectivity index (χ3n) is 5.34. The van der Waals surface area contributed by atoms with Crippen LogP contribution in [0.2, 0.25) is 0 Å². The molecular weight excluding hydrogens is 412 g/mol. The number of benzene rings is 2. The minimum absolute atomic E-state index is 0.0165. The van der Waals surface area contributed by atoms with E-state index in [1.807, 2.05) is 30.3 Å². The summed E-state index contributed by atoms with van der Waals surface area (Å²) in [7, 11) is 0. The van der Waals surface area contributed by atoms with Crippen molar-refractivity contribution in [2.45, 2.75) is 6.92 Å². The second-order valence-corrected chi connectivity index (χ2v) is 7.35. The van der Waals surface area contributed by atoms with Crippen LogP contribution in [0.15, 0.2) is 65.5 Å². The van der Waals surface area contributed by atoms with E-state index in [4.69, 9.17) is 9.15 Å². The van der Waals surface area contributed by atoms with Gasteiger partial charge in [0.25, 0.3) is 5.69 Å². The third kappa shape index (κ3) is 4.66. The van der Waals surface area contributed by atoms with Gasteiger partial charge in [-0.15, -0.1) is 0 Å². The standard InChI is InChI=1S/C23H24N4O5/c1-2-32-23(28)26-11-9-25(10-12-26)20-5-3-4-19(15-20)24-21-7-6-17(14-22(21)27(29)30)18-8-13-31-16-18/h3-8,13-16,24H,2,9-12H2,1H3. The molecule has 9 nitrogen and oxygen atoms in total. The maximum Gasteiger partial charge on any atom is 0.409 e. The number of anilines is 3. The second-order valence-electron chi connectivity index (χ2n) is 7.35. The van der Waals surface area contributed by atoms with Crippen LogP contribution in [-0.2, 0) is 4.74 Å². The molecule has 0 saturated carbocycles. The van der Waals surface area contributed by atoms with E-state index in [2.05, 4.69) is 10.2 Å². The van der Waals surface area contributed by atoms with Crippen molar-refractivity contribution in [2.75, 3.05) is 43.0 Å². The molecule has 166 valence electrons. The van der Waals surface area contributed by atoms with Crippen molar-refractivity contribution in [3.8, 4) is 11.1 Å². The van der Waals surface area contributed by atoms with Crippen LogP contribution in [0.1, 0.15) is 6.92 Å². The summed E-state index contributed by atoms with van der Waals surface area (Å²) in [5, 5.41) is 14.8. The molecule has 0 unspecified atom stereocenters. The van der Waals surface area contributed by atoms with Gasteiger partial charge in [-0.2, -0.15) is 0 Å². The average Bonchev–Trinajstić information content (AvgIpc) is 3.35. The van der Waals surface area contributed by atoms with E-state index in [1.165, 1.54) is 12.3 Å². The summed E-state index contributed by atoms with van der Waals surface area (Å²) in [5.41, 5.74) is 3.61. The number of rotatable bonds is 6. The smallest absolute Gasteiger partial charge is 0.409 e. The SMILES string of the molecule is CCOC(=O)N1CCN(c2cccc(Nc3ccc(-c4ccoc4)cc3[N+](=O)[O-])c2)CC1. The van der Waals surface area contributed by atoms with Gasteiger partial charge in [-0.1, -0.05) is 12.1 Å². The lowest BCUT2D eigenvalue weighted by Crippen LogP contribution is -2.49. The van der Waals surface area contributed by atoms with Gasteiger partial charge in [0, 0.05) is 49.2 Å². The van der Waals surface area contributed by atoms with Gasteiger partial charge in [0.1, 0.15) is 5.69 Å². The molecule has 1 fully saturated rings. The Hall–Kier alpha value is -4.01. The fourth-order valence-corrected chi connectivity index (χ4v) is 3.69. The Morgan fingerprint density at radius 2 is 1.94 bits per heavy atom. The van der Waals surface area contributed by atoms with E-state index in [9.17, 15) is 14.9 Å². The van der Waals surface area contributed by atoms with Crippen LogP contribution in [0.25, 0.3) is 11.1 Å². The van der Waals surface area contributed by atoms with Crippen molar-refractivity contribution in [3.63, 3.8) is 0 Å². The van der Waals surface area contributed by atoms with Gasteiger partial charge in [0.15, 0.2) is 0 Å². The van der Waals surface area contributed by atoms with Crippen LogP contribution in [0, 0.1) is 10.1 Å². The normalized spacial score (nSPS) is 13.7. The number of ether oxygens (including phenoxy) is 1. The highest BCUT2D eigenvalue weighted by Gasteiger charge is 2.22. The first-order chi connectivity index (χ1) is 15.5. The van der Waals surface area contributed by atoms with Crippen molar-refractivity contribution in [2.24, 2.45) is 0 Å². The lowest BCUT2D eigenvalue weighted by atomic mass is 10.1. The van der Waals surface area contributed by atoms with Gasteiger partial charge >= 0.3 is 6.09 Å². The number of carbonyl (C=O) groups is 1. The Kier molecular flexibility index (Phi) is 6.25. The fourth-order valence-electron chi connectivity index (χ4n) is 3.69. The van der Waals surface area contributed by atoms with Crippen molar-refractivity contribution in [1.82, 2.24) is 4.90 Å². The van der Waals surface area contributed by atoms with Gasteiger partial charge in [0.05, 0.1) is 24.1 Å². The number of carbonyl (C=O) groups excluding carboxylic acids is 1. The summed E-state index contributed by atoms with van der Waals surface area (Å²) in [6.07, 6.45) is 2.80. The molecular formula is C23H24N4O5. The maximum absolute atomic E-state index is 11.9. The topological polar surface area (TPSA) is 101 Å². The van der Waals surface area contributed by atoms with Crippen molar-refractivity contribution in [3.05, 3.63) is 71.2 Å². The molecule has 1 N–H and O–H groups in total. The number of amides is 1. The Balaban J connectivity index is 1.49. The lowest BCUT2D eigenvalue weighted by Gasteiger charge is -2.35. The minimum Gasteiger partial charge on any atom is -0.472 e. The van der Waals surface area contributed by atoms with E-state index < -0.39 is 4.92 Å². The fraction of sp³-hybridized carbons (Fsp3) is 0.261. The van der Waals surface area contributed by atoms with Crippen LogP contribution < -0.4 is 10.2 Å². The first-order valence-electron chi connectivity index (χ1n) is 10.4. The van der Waals surface area contributed by atoms with E-state index >= 15 is 0 Å². The van der Waals surface area contributed by atoms with Crippen LogP contribution in [0.5, 0.6) is 0 Å². The lowest BCUT2D eigenvalue weighted by molar-refractivity contribution is -0.383. The number of furan rings is 1. The number of hydrogen-bond donors (Lipinski definition) is 1. The predicted octanol–water partition coefficient (Wildman–Crippen LogP) is 4.88. The molecule has 1 amide bonds. The highest BCUT2D eigenvalue weighted by atomic mass is 16.6. The molecule has 9 heteroatoms. The number of nitro groups is 1. The second kappa shape index (κ2) is 9.42. The molecule has 0 radical (unpaired) electrons. The summed E-state index contributed by atoms with van der Waals surface area (Å²) >= 11 is 0. The first-order valence-corrected chi connectivity index (χ1v) is 10.4. The van der Waals surface area contributed by atoms with Crippen LogP contribution in [-0.4, -0.2) is 48.7 Å². The molecule has 1 aliphatic heterocycles. The van der Waals surface area contributed by atoms with Crippen molar-refractivity contribution < 1.29 is 18.9 Å². The molecule has 0 atom stereocenters. The van der Waals surface area contributed by atoms with Crippen LogP contribution >= 0.6 is 0 Å². The maximum atomic E-state index is 11.9. The van der Waals surface area contributed by atoms with Gasteiger partial charge in [0.2, 0.25) is 0 Å². The highest BCUT2D eigenvalue weighted by molar-refractivity contribution is 5.77. The van der Waals surface area contributed by atoms with Gasteiger partial charge in [-0.05, 0) is 42.8 Å². The number of nitrogens with zero attached hydrogens (tertiary/aromatic N) is 3. The molecule has 1 aliphatic rings.